The van der Waals surface area contributed by atoms with Crippen LogP contribution in [0.4, 0.5) is 0 Å². The highest BCUT2D eigenvalue weighted by Gasteiger charge is 2.27. The second-order valence-electron chi connectivity index (χ2n) is 5.16. The summed E-state index contributed by atoms with van der Waals surface area (Å²) in [5.74, 6) is 0.502. The van der Waals surface area contributed by atoms with Gasteiger partial charge in [-0.3, -0.25) is 4.79 Å². The normalized spacial score (nSPS) is 21.5. The maximum Gasteiger partial charge on any atom is 0.240 e. The van der Waals surface area contributed by atoms with Crippen LogP contribution in [0.1, 0.15) is 12.5 Å². The summed E-state index contributed by atoms with van der Waals surface area (Å²) in [5.41, 5.74) is 1.88. The molecule has 0 radical (unpaired) electrons. The lowest BCUT2D eigenvalue weighted by atomic mass is 10.1. The van der Waals surface area contributed by atoms with Gasteiger partial charge in [-0.05, 0) is 17.7 Å². The number of nitrogens with one attached hydrogen (secondary N) is 3. The molecule has 0 aliphatic carbocycles. The number of amides is 1. The van der Waals surface area contributed by atoms with Gasteiger partial charge in [0, 0.05) is 18.7 Å². The third kappa shape index (κ3) is 3.29. The molecule has 1 aliphatic rings. The van der Waals surface area contributed by atoms with Gasteiger partial charge < -0.3 is 15.4 Å². The molecule has 3 N–H and O–H groups in total. The van der Waals surface area contributed by atoms with Crippen molar-refractivity contribution in [3.05, 3.63) is 29.8 Å². The molecule has 1 aromatic heterocycles. The Balaban J connectivity index is 1.56. The highest BCUT2D eigenvalue weighted by molar-refractivity contribution is 5.82. The van der Waals surface area contributed by atoms with Gasteiger partial charge in [-0.2, -0.15) is 5.21 Å². The molecular weight excluding hydrogens is 284 g/mol. The molecule has 2 atom stereocenters. The van der Waals surface area contributed by atoms with Crippen molar-refractivity contribution in [1.29, 1.82) is 0 Å². The summed E-state index contributed by atoms with van der Waals surface area (Å²) in [4.78, 5) is 12.1. The van der Waals surface area contributed by atoms with Gasteiger partial charge in [-0.15, -0.1) is 10.2 Å². The molecule has 2 aromatic rings. The number of ether oxygens (including phenoxy) is 1. The Morgan fingerprint density at radius 1 is 1.41 bits per heavy atom. The number of aromatic nitrogens is 4. The number of aromatic amines is 1. The van der Waals surface area contributed by atoms with Crippen LogP contribution >= 0.6 is 0 Å². The molecule has 1 aliphatic heterocycles. The molecule has 2 heterocycles. The minimum Gasteiger partial charge on any atom is -0.375 e. The fraction of sp³-hybridized carbons (Fsp3) is 0.429. The molecule has 0 spiro atoms. The maximum atomic E-state index is 12.1. The Kier molecular flexibility index (Phi) is 4.40. The molecule has 22 heavy (non-hydrogen) atoms. The molecule has 0 bridgehead atoms. The van der Waals surface area contributed by atoms with Gasteiger partial charge in [0.1, 0.15) is 6.04 Å². The van der Waals surface area contributed by atoms with Crippen LogP contribution in [0.25, 0.3) is 11.4 Å². The first kappa shape index (κ1) is 14.6. The van der Waals surface area contributed by atoms with E-state index in [0.717, 1.165) is 11.1 Å². The third-order valence-corrected chi connectivity index (χ3v) is 3.62. The van der Waals surface area contributed by atoms with E-state index in [2.05, 4.69) is 31.3 Å². The summed E-state index contributed by atoms with van der Waals surface area (Å²) in [5, 5.41) is 19.9. The van der Waals surface area contributed by atoms with Gasteiger partial charge in [0.25, 0.3) is 0 Å². The predicted octanol–water partition coefficient (Wildman–Crippen LogP) is -0.140. The predicted molar refractivity (Wildman–Crippen MR) is 78.7 cm³/mol. The lowest BCUT2D eigenvalue weighted by Gasteiger charge is -2.29. The number of nitrogens with zero attached hydrogens (tertiary/aromatic N) is 3. The molecular formula is C14H18N6O2. The van der Waals surface area contributed by atoms with E-state index in [1.807, 2.05) is 31.2 Å². The summed E-state index contributed by atoms with van der Waals surface area (Å²) in [6.45, 7) is 3.71. The van der Waals surface area contributed by atoms with Crippen molar-refractivity contribution in [2.75, 3.05) is 13.2 Å². The second kappa shape index (κ2) is 6.63. The summed E-state index contributed by atoms with van der Waals surface area (Å²) in [6.07, 6.45) is -0.116. The number of rotatable bonds is 4. The number of benzene rings is 1. The average Bonchev–Trinajstić information content (AvgIpc) is 3.08. The third-order valence-electron chi connectivity index (χ3n) is 3.62. The maximum absolute atomic E-state index is 12.1. The van der Waals surface area contributed by atoms with E-state index in [-0.39, 0.29) is 18.1 Å². The fourth-order valence-electron chi connectivity index (χ4n) is 2.38. The molecule has 0 saturated carbocycles. The van der Waals surface area contributed by atoms with Crippen LogP contribution in [0, 0.1) is 0 Å². The lowest BCUT2D eigenvalue weighted by Crippen LogP contribution is -2.55. The zero-order valence-corrected chi connectivity index (χ0v) is 12.2. The lowest BCUT2D eigenvalue weighted by molar-refractivity contribution is -0.129. The Bertz CT molecular complexity index is 613. The van der Waals surface area contributed by atoms with Gasteiger partial charge >= 0.3 is 0 Å². The van der Waals surface area contributed by atoms with Crippen molar-refractivity contribution in [3.63, 3.8) is 0 Å². The van der Waals surface area contributed by atoms with Gasteiger partial charge in [-0.1, -0.05) is 24.3 Å². The van der Waals surface area contributed by atoms with Crippen molar-refractivity contribution >= 4 is 5.91 Å². The largest absolute Gasteiger partial charge is 0.375 e. The number of H-pyrrole nitrogens is 1. The summed E-state index contributed by atoms with van der Waals surface area (Å²) in [7, 11) is 0. The van der Waals surface area contributed by atoms with E-state index in [4.69, 9.17) is 4.74 Å². The Labute approximate surface area is 127 Å². The van der Waals surface area contributed by atoms with Crippen LogP contribution in [-0.4, -0.2) is 51.8 Å². The Morgan fingerprint density at radius 3 is 2.91 bits per heavy atom. The first-order valence-electron chi connectivity index (χ1n) is 7.19. The zero-order chi connectivity index (χ0) is 15.4. The number of hydrogen-bond donors (Lipinski definition) is 3. The highest BCUT2D eigenvalue weighted by atomic mass is 16.5. The minimum atomic E-state index is -0.299. The van der Waals surface area contributed by atoms with Gasteiger partial charge in [0.15, 0.2) is 0 Å². The van der Waals surface area contributed by atoms with Crippen LogP contribution in [0.15, 0.2) is 24.3 Å². The van der Waals surface area contributed by atoms with Crippen molar-refractivity contribution < 1.29 is 9.53 Å². The van der Waals surface area contributed by atoms with Crippen LogP contribution in [-0.2, 0) is 16.1 Å². The average molecular weight is 302 g/mol. The van der Waals surface area contributed by atoms with E-state index >= 15 is 0 Å². The quantitative estimate of drug-likeness (QED) is 0.726. The number of tetrazole rings is 1. The van der Waals surface area contributed by atoms with E-state index in [1.54, 1.807) is 0 Å². The zero-order valence-electron chi connectivity index (χ0n) is 12.2. The van der Waals surface area contributed by atoms with Crippen LogP contribution in [0.5, 0.6) is 0 Å². The van der Waals surface area contributed by atoms with E-state index in [0.29, 0.717) is 25.5 Å². The van der Waals surface area contributed by atoms with Gasteiger partial charge in [-0.25, -0.2) is 0 Å². The summed E-state index contributed by atoms with van der Waals surface area (Å²) < 4.78 is 5.47. The fourth-order valence-corrected chi connectivity index (χ4v) is 2.38. The molecule has 1 aromatic carbocycles. The van der Waals surface area contributed by atoms with Gasteiger partial charge in [0.05, 0.1) is 12.7 Å². The molecule has 8 heteroatoms. The Morgan fingerprint density at radius 2 is 2.23 bits per heavy atom. The number of carbonyl (C=O) groups is 1. The van der Waals surface area contributed by atoms with Crippen molar-refractivity contribution in [3.8, 4) is 11.4 Å². The molecule has 1 fully saturated rings. The Hall–Kier alpha value is -2.32. The number of hydrogen-bond acceptors (Lipinski definition) is 6. The van der Waals surface area contributed by atoms with E-state index in [1.165, 1.54) is 0 Å². The van der Waals surface area contributed by atoms with Crippen LogP contribution in [0.2, 0.25) is 0 Å². The second-order valence-corrected chi connectivity index (χ2v) is 5.16. The monoisotopic (exact) mass is 302 g/mol. The first-order chi connectivity index (χ1) is 10.7. The van der Waals surface area contributed by atoms with Crippen molar-refractivity contribution in [1.82, 2.24) is 31.3 Å². The van der Waals surface area contributed by atoms with E-state index < -0.39 is 0 Å². The van der Waals surface area contributed by atoms with Crippen LogP contribution < -0.4 is 10.6 Å². The molecule has 0 unspecified atom stereocenters. The first-order valence-corrected chi connectivity index (χ1v) is 7.19. The summed E-state index contributed by atoms with van der Waals surface area (Å²) >= 11 is 0. The minimum absolute atomic E-state index is 0.0468. The topological polar surface area (TPSA) is 105 Å². The van der Waals surface area contributed by atoms with Crippen LogP contribution in [0.3, 0.4) is 0 Å². The van der Waals surface area contributed by atoms with Crippen molar-refractivity contribution in [2.24, 2.45) is 0 Å². The molecule has 3 rings (SSSR count). The summed E-state index contributed by atoms with van der Waals surface area (Å²) in [6, 6.07) is 7.36. The van der Waals surface area contributed by atoms with Gasteiger partial charge in [0.2, 0.25) is 11.7 Å². The highest BCUT2D eigenvalue weighted by Crippen LogP contribution is 2.14. The van der Waals surface area contributed by atoms with E-state index in [9.17, 15) is 4.79 Å². The molecule has 8 nitrogen and oxygen atoms in total. The number of morpholine rings is 1. The SMILES string of the molecule is C[C@H]1OCCN[C@@H]1C(=O)NCc1ccc(-c2nn[nH]n2)cc1. The smallest absolute Gasteiger partial charge is 0.240 e. The number of carbonyl (C=O) groups excluding carboxylic acids is 1. The van der Waals surface area contributed by atoms with Crippen molar-refractivity contribution in [2.45, 2.75) is 25.6 Å². The molecule has 1 amide bonds. The molecule has 116 valence electrons. The molecule has 1 saturated heterocycles. The standard InChI is InChI=1S/C14H18N6O2/c1-9-12(15-6-7-22-9)14(21)16-8-10-2-4-11(5-3-10)13-17-19-20-18-13/h2-5,9,12,15H,6-8H2,1H3,(H,16,21)(H,17,18,19,20)/t9-,12+/m1/s1.